The Bertz CT molecular complexity index is 573. The van der Waals surface area contributed by atoms with Crippen molar-refractivity contribution in [2.75, 3.05) is 0 Å². The summed E-state index contributed by atoms with van der Waals surface area (Å²) in [4.78, 5) is 0. The summed E-state index contributed by atoms with van der Waals surface area (Å²) < 4.78 is 0. The Labute approximate surface area is 108 Å². The Hall–Kier alpha value is -1.38. The predicted octanol–water partition coefficient (Wildman–Crippen LogP) is 3.32. The van der Waals surface area contributed by atoms with E-state index in [9.17, 15) is 5.11 Å². The van der Waals surface area contributed by atoms with Crippen LogP contribution in [0.25, 0.3) is 10.8 Å². The van der Waals surface area contributed by atoms with Crippen LogP contribution in [-0.4, -0.2) is 11.1 Å². The second kappa shape index (κ2) is 4.38. The van der Waals surface area contributed by atoms with Gasteiger partial charge in [-0.15, -0.1) is 0 Å². The fourth-order valence-corrected chi connectivity index (χ4v) is 2.86. The molecule has 2 N–H and O–H groups in total. The summed E-state index contributed by atoms with van der Waals surface area (Å²) >= 11 is 0. The summed E-state index contributed by atoms with van der Waals surface area (Å²) in [5, 5.41) is 16.5. The first-order valence-corrected chi connectivity index (χ1v) is 6.68. The van der Waals surface area contributed by atoms with Gasteiger partial charge in [0.05, 0.1) is 12.1 Å². The average molecular weight is 241 g/mol. The lowest BCUT2D eigenvalue weighted by Crippen LogP contribution is -2.31. The van der Waals surface area contributed by atoms with Gasteiger partial charge >= 0.3 is 0 Å². The smallest absolute Gasteiger partial charge is 0.0991 e. The normalized spacial score (nSPS) is 23.5. The van der Waals surface area contributed by atoms with Gasteiger partial charge in [0.15, 0.2) is 0 Å². The van der Waals surface area contributed by atoms with Crippen LogP contribution in [0.3, 0.4) is 0 Å². The maximum atomic E-state index is 10.5. The van der Waals surface area contributed by atoms with Crippen LogP contribution in [0.5, 0.6) is 0 Å². The van der Waals surface area contributed by atoms with Gasteiger partial charge < -0.3 is 10.4 Å². The summed E-state index contributed by atoms with van der Waals surface area (Å²) in [6, 6.07) is 12.9. The minimum Gasteiger partial charge on any atom is -0.386 e. The van der Waals surface area contributed by atoms with E-state index in [-0.39, 0.29) is 6.04 Å². The van der Waals surface area contributed by atoms with E-state index in [0.29, 0.717) is 6.04 Å². The molecular formula is C16H19NO. The van der Waals surface area contributed by atoms with Crippen LogP contribution in [-0.2, 0) is 0 Å². The van der Waals surface area contributed by atoms with Gasteiger partial charge in [0.2, 0.25) is 0 Å². The predicted molar refractivity (Wildman–Crippen MR) is 74.5 cm³/mol. The molecule has 2 nitrogen and oxygen atoms in total. The molecule has 0 saturated carbocycles. The van der Waals surface area contributed by atoms with Crippen molar-refractivity contribution in [1.82, 2.24) is 5.32 Å². The number of rotatable bonds is 3. The van der Waals surface area contributed by atoms with Crippen molar-refractivity contribution in [3.63, 3.8) is 0 Å². The summed E-state index contributed by atoms with van der Waals surface area (Å²) in [6.45, 7) is 4.32. The van der Waals surface area contributed by atoms with Crippen LogP contribution >= 0.6 is 0 Å². The number of aliphatic hydroxyl groups is 1. The van der Waals surface area contributed by atoms with E-state index in [2.05, 4.69) is 43.4 Å². The third-order valence-corrected chi connectivity index (χ3v) is 4.02. The lowest BCUT2D eigenvalue weighted by Gasteiger charge is -2.22. The molecule has 2 heteroatoms. The Morgan fingerprint density at radius 3 is 2.50 bits per heavy atom. The Balaban J connectivity index is 2.10. The van der Waals surface area contributed by atoms with Crippen LogP contribution in [0, 0.1) is 0 Å². The molecule has 0 radical (unpaired) electrons. The lowest BCUT2D eigenvalue weighted by atomic mass is 10.0. The van der Waals surface area contributed by atoms with Crippen molar-refractivity contribution in [2.24, 2.45) is 0 Å². The van der Waals surface area contributed by atoms with Gasteiger partial charge in [-0.05, 0) is 35.2 Å². The molecule has 18 heavy (non-hydrogen) atoms. The highest BCUT2D eigenvalue weighted by molar-refractivity contribution is 5.91. The van der Waals surface area contributed by atoms with Gasteiger partial charge in [0, 0.05) is 6.04 Å². The molecule has 0 saturated heterocycles. The second-order valence-corrected chi connectivity index (χ2v) is 5.19. The van der Waals surface area contributed by atoms with Crippen molar-refractivity contribution < 1.29 is 5.11 Å². The molecule has 2 aromatic rings. The molecule has 1 aliphatic rings. The Morgan fingerprint density at radius 2 is 1.83 bits per heavy atom. The van der Waals surface area contributed by atoms with E-state index in [1.165, 1.54) is 16.3 Å². The molecule has 0 heterocycles. The lowest BCUT2D eigenvalue weighted by molar-refractivity contribution is 0.130. The molecule has 0 bridgehead atoms. The Morgan fingerprint density at radius 1 is 1.17 bits per heavy atom. The molecule has 0 aromatic heterocycles. The van der Waals surface area contributed by atoms with Crippen LogP contribution in [0.15, 0.2) is 36.4 Å². The molecule has 1 aliphatic carbocycles. The highest BCUT2D eigenvalue weighted by atomic mass is 16.3. The zero-order valence-corrected chi connectivity index (χ0v) is 10.9. The van der Waals surface area contributed by atoms with Crippen LogP contribution in [0.4, 0.5) is 0 Å². The standard InChI is InChI=1S/C16H19NO/c1-3-10(2)17-15-12-8-4-6-11-7-5-9-13(14(11)12)16(15)18/h4-10,15-18H,3H2,1-2H3. The fourth-order valence-electron chi connectivity index (χ4n) is 2.86. The molecular weight excluding hydrogens is 222 g/mol. The fraction of sp³-hybridized carbons (Fsp3) is 0.375. The number of benzene rings is 2. The van der Waals surface area contributed by atoms with Gasteiger partial charge in [-0.25, -0.2) is 0 Å². The first-order valence-electron chi connectivity index (χ1n) is 6.68. The molecule has 0 fully saturated rings. The summed E-state index contributed by atoms with van der Waals surface area (Å²) in [5.41, 5.74) is 2.29. The molecule has 94 valence electrons. The van der Waals surface area contributed by atoms with Crippen molar-refractivity contribution >= 4 is 10.8 Å². The minimum atomic E-state index is -0.430. The SMILES string of the molecule is CCC(C)NC1c2cccc3cccc(c23)C1O. The van der Waals surface area contributed by atoms with E-state index in [1.807, 2.05) is 12.1 Å². The Kier molecular flexibility index (Phi) is 2.84. The summed E-state index contributed by atoms with van der Waals surface area (Å²) in [7, 11) is 0. The van der Waals surface area contributed by atoms with Crippen molar-refractivity contribution in [2.45, 2.75) is 38.5 Å². The largest absolute Gasteiger partial charge is 0.386 e. The average Bonchev–Trinajstić information content (AvgIpc) is 2.67. The van der Waals surface area contributed by atoms with Crippen molar-refractivity contribution in [1.29, 1.82) is 0 Å². The highest BCUT2D eigenvalue weighted by Gasteiger charge is 2.32. The molecule has 0 amide bonds. The molecule has 0 spiro atoms. The minimum absolute atomic E-state index is 0.0287. The topological polar surface area (TPSA) is 32.3 Å². The first kappa shape index (κ1) is 11.7. The number of aliphatic hydroxyl groups excluding tert-OH is 1. The van der Waals surface area contributed by atoms with Gasteiger partial charge in [-0.2, -0.15) is 0 Å². The monoisotopic (exact) mass is 241 g/mol. The third kappa shape index (κ3) is 1.64. The zero-order chi connectivity index (χ0) is 12.7. The van der Waals surface area contributed by atoms with E-state index in [4.69, 9.17) is 0 Å². The third-order valence-electron chi connectivity index (χ3n) is 4.02. The van der Waals surface area contributed by atoms with Crippen molar-refractivity contribution in [3.05, 3.63) is 47.5 Å². The van der Waals surface area contributed by atoms with Crippen LogP contribution in [0.2, 0.25) is 0 Å². The van der Waals surface area contributed by atoms with Gasteiger partial charge in [-0.1, -0.05) is 43.3 Å². The quantitative estimate of drug-likeness (QED) is 0.864. The van der Waals surface area contributed by atoms with Gasteiger partial charge in [0.25, 0.3) is 0 Å². The maximum Gasteiger partial charge on any atom is 0.0991 e. The molecule has 0 aliphatic heterocycles. The number of hydrogen-bond donors (Lipinski definition) is 2. The van der Waals surface area contributed by atoms with Crippen LogP contribution in [0.1, 0.15) is 43.5 Å². The van der Waals surface area contributed by atoms with E-state index in [1.54, 1.807) is 0 Å². The molecule has 3 rings (SSSR count). The maximum absolute atomic E-state index is 10.5. The summed E-state index contributed by atoms with van der Waals surface area (Å²) in [6.07, 6.45) is 0.635. The van der Waals surface area contributed by atoms with E-state index >= 15 is 0 Å². The molecule has 3 atom stereocenters. The van der Waals surface area contributed by atoms with Gasteiger partial charge in [0.1, 0.15) is 0 Å². The highest BCUT2D eigenvalue weighted by Crippen LogP contribution is 2.43. The summed E-state index contributed by atoms with van der Waals surface area (Å²) in [5.74, 6) is 0. The van der Waals surface area contributed by atoms with Crippen LogP contribution < -0.4 is 5.32 Å². The van der Waals surface area contributed by atoms with E-state index in [0.717, 1.165) is 12.0 Å². The first-order chi connectivity index (χ1) is 8.72. The van der Waals surface area contributed by atoms with Crippen molar-refractivity contribution in [3.8, 4) is 0 Å². The van der Waals surface area contributed by atoms with E-state index < -0.39 is 6.10 Å². The second-order valence-electron chi connectivity index (χ2n) is 5.19. The molecule has 3 unspecified atom stereocenters. The molecule has 2 aromatic carbocycles. The number of hydrogen-bond acceptors (Lipinski definition) is 2. The van der Waals surface area contributed by atoms with Gasteiger partial charge in [-0.3, -0.25) is 0 Å². The zero-order valence-electron chi connectivity index (χ0n) is 10.9. The number of nitrogens with one attached hydrogen (secondary N) is 1.